The highest BCUT2D eigenvalue weighted by Crippen LogP contribution is 2.30. The van der Waals surface area contributed by atoms with Gasteiger partial charge < -0.3 is 0 Å². The SMILES string of the molecule is Cc1cc(NS(=O)(=O)c2ccc(NS(=O)(=O)c3cn(-c4ccccc4)nc3C(C)(C)C)cc2)nc(C)n1. The Bertz CT molecular complexity index is 1620. The van der Waals surface area contributed by atoms with Gasteiger partial charge >= 0.3 is 0 Å². The van der Waals surface area contributed by atoms with E-state index in [0.29, 0.717) is 17.2 Å². The van der Waals surface area contributed by atoms with E-state index in [2.05, 4.69) is 24.5 Å². The van der Waals surface area contributed by atoms with Crippen LogP contribution in [0, 0.1) is 13.8 Å². The van der Waals surface area contributed by atoms with Crippen LogP contribution in [-0.2, 0) is 25.5 Å². The molecule has 2 heterocycles. The maximum atomic E-state index is 13.4. The minimum absolute atomic E-state index is 0.0386. The minimum Gasteiger partial charge on any atom is -0.280 e. The zero-order chi connectivity index (χ0) is 27.0. The zero-order valence-corrected chi connectivity index (χ0v) is 22.7. The van der Waals surface area contributed by atoms with Gasteiger partial charge in [0, 0.05) is 22.9 Å². The fourth-order valence-corrected chi connectivity index (χ4v) is 6.05. The first-order chi connectivity index (χ1) is 17.2. The molecule has 4 rings (SSSR count). The molecule has 2 aromatic carbocycles. The number of sulfonamides is 2. The summed E-state index contributed by atoms with van der Waals surface area (Å²) in [7, 11) is -7.98. The van der Waals surface area contributed by atoms with Crippen molar-refractivity contribution in [2.45, 2.75) is 49.8 Å². The van der Waals surface area contributed by atoms with Crippen LogP contribution >= 0.6 is 0 Å². The zero-order valence-electron chi connectivity index (χ0n) is 21.1. The number of hydrogen-bond acceptors (Lipinski definition) is 7. The van der Waals surface area contributed by atoms with Crippen molar-refractivity contribution in [2.24, 2.45) is 0 Å². The molecule has 10 nitrogen and oxygen atoms in total. The number of nitrogens with zero attached hydrogens (tertiary/aromatic N) is 4. The Balaban J connectivity index is 1.61. The molecule has 0 unspecified atom stereocenters. The Morgan fingerprint density at radius 1 is 0.811 bits per heavy atom. The van der Waals surface area contributed by atoms with E-state index < -0.39 is 25.5 Å². The van der Waals surface area contributed by atoms with Crippen LogP contribution in [0.4, 0.5) is 11.5 Å². The first-order valence-electron chi connectivity index (χ1n) is 11.4. The van der Waals surface area contributed by atoms with Crippen molar-refractivity contribution in [2.75, 3.05) is 9.44 Å². The van der Waals surface area contributed by atoms with Crippen LogP contribution in [0.2, 0.25) is 0 Å². The Labute approximate surface area is 216 Å². The third-order valence-electron chi connectivity index (χ3n) is 5.32. The molecule has 2 aromatic heterocycles. The molecule has 0 atom stereocenters. The van der Waals surface area contributed by atoms with Crippen molar-refractivity contribution >= 4 is 31.6 Å². The van der Waals surface area contributed by atoms with Gasteiger partial charge in [0.1, 0.15) is 16.5 Å². The third kappa shape index (κ3) is 5.97. The fraction of sp³-hybridized carbons (Fsp3) is 0.240. The number of anilines is 2. The Morgan fingerprint density at radius 2 is 1.46 bits per heavy atom. The van der Waals surface area contributed by atoms with Crippen molar-refractivity contribution in [1.29, 1.82) is 0 Å². The molecule has 0 aliphatic carbocycles. The van der Waals surface area contributed by atoms with Gasteiger partial charge in [0.2, 0.25) is 0 Å². The van der Waals surface area contributed by atoms with Crippen LogP contribution in [0.15, 0.2) is 76.7 Å². The fourth-order valence-electron chi connectivity index (χ4n) is 3.67. The largest absolute Gasteiger partial charge is 0.280 e. The summed E-state index contributed by atoms with van der Waals surface area (Å²) in [6, 6.07) is 16.2. The van der Waals surface area contributed by atoms with Crippen LogP contribution in [0.25, 0.3) is 5.69 Å². The van der Waals surface area contributed by atoms with Gasteiger partial charge in [-0.15, -0.1) is 0 Å². The standard InChI is InChI=1S/C25H28N6O4S2/c1-17-15-23(27-18(2)26-17)30-36(32,33)21-13-11-19(12-14-21)29-37(34,35)22-16-31(20-9-7-6-8-10-20)28-24(22)25(3,4)5/h6-16,29H,1-5H3,(H,26,27,30). The first-order valence-corrected chi connectivity index (χ1v) is 14.3. The summed E-state index contributed by atoms with van der Waals surface area (Å²) >= 11 is 0. The van der Waals surface area contributed by atoms with Gasteiger partial charge in [-0.3, -0.25) is 9.44 Å². The summed E-state index contributed by atoms with van der Waals surface area (Å²) in [4.78, 5) is 8.22. The third-order valence-corrected chi connectivity index (χ3v) is 8.08. The van der Waals surface area contributed by atoms with Crippen molar-refractivity contribution in [3.63, 3.8) is 0 Å². The van der Waals surface area contributed by atoms with Crippen molar-refractivity contribution < 1.29 is 16.8 Å². The molecule has 0 amide bonds. The molecule has 0 saturated heterocycles. The predicted octanol–water partition coefficient (Wildman–Crippen LogP) is 4.18. The number of aryl methyl sites for hydroxylation is 2. The van der Waals surface area contributed by atoms with E-state index in [4.69, 9.17) is 0 Å². The maximum absolute atomic E-state index is 13.4. The summed E-state index contributed by atoms with van der Waals surface area (Å²) in [5, 5.41) is 4.56. The number of para-hydroxylation sites is 1. The van der Waals surface area contributed by atoms with E-state index in [-0.39, 0.29) is 21.3 Å². The molecular weight excluding hydrogens is 512 g/mol. The van der Waals surface area contributed by atoms with Crippen molar-refractivity contribution in [3.8, 4) is 5.69 Å². The van der Waals surface area contributed by atoms with E-state index in [9.17, 15) is 16.8 Å². The molecular formula is C25H28N6O4S2. The number of aromatic nitrogens is 4. The predicted molar refractivity (Wildman–Crippen MR) is 142 cm³/mol. The summed E-state index contributed by atoms with van der Waals surface area (Å²) in [5.74, 6) is 0.590. The van der Waals surface area contributed by atoms with E-state index >= 15 is 0 Å². The molecule has 0 radical (unpaired) electrons. The van der Waals surface area contributed by atoms with Crippen LogP contribution in [0.5, 0.6) is 0 Å². The lowest BCUT2D eigenvalue weighted by atomic mass is 9.92. The van der Waals surface area contributed by atoms with E-state index in [1.165, 1.54) is 41.2 Å². The molecule has 0 saturated carbocycles. The van der Waals surface area contributed by atoms with E-state index in [1.54, 1.807) is 13.8 Å². The molecule has 0 fully saturated rings. The first kappa shape index (κ1) is 26.3. The van der Waals surface area contributed by atoms with Crippen LogP contribution < -0.4 is 9.44 Å². The number of rotatable bonds is 7. The lowest BCUT2D eigenvalue weighted by Gasteiger charge is -2.18. The Morgan fingerprint density at radius 3 is 2.05 bits per heavy atom. The van der Waals surface area contributed by atoms with Crippen LogP contribution in [0.1, 0.15) is 38.0 Å². The number of benzene rings is 2. The Kier molecular flexibility index (Phi) is 6.82. The smallest absolute Gasteiger partial charge is 0.265 e. The highest BCUT2D eigenvalue weighted by atomic mass is 32.2. The number of hydrogen-bond donors (Lipinski definition) is 2. The Hall–Kier alpha value is -3.77. The average Bonchev–Trinajstić information content (AvgIpc) is 3.26. The normalized spacial score (nSPS) is 12.4. The highest BCUT2D eigenvalue weighted by Gasteiger charge is 2.30. The average molecular weight is 541 g/mol. The molecule has 2 N–H and O–H groups in total. The monoisotopic (exact) mass is 540 g/mol. The second-order valence-corrected chi connectivity index (χ2v) is 12.9. The van der Waals surface area contributed by atoms with Crippen LogP contribution in [-0.4, -0.2) is 36.6 Å². The van der Waals surface area contributed by atoms with E-state index in [0.717, 1.165) is 5.69 Å². The number of nitrogens with one attached hydrogen (secondary N) is 2. The summed E-state index contributed by atoms with van der Waals surface area (Å²) < 4.78 is 58.9. The molecule has 0 aliphatic rings. The van der Waals surface area contributed by atoms with Gasteiger partial charge in [-0.05, 0) is 50.2 Å². The molecule has 0 bridgehead atoms. The van der Waals surface area contributed by atoms with Crippen molar-refractivity contribution in [1.82, 2.24) is 19.7 Å². The quantitative estimate of drug-likeness (QED) is 0.359. The second kappa shape index (κ2) is 9.60. The molecule has 194 valence electrons. The lowest BCUT2D eigenvalue weighted by Crippen LogP contribution is -2.20. The van der Waals surface area contributed by atoms with Gasteiger partial charge in [-0.1, -0.05) is 39.0 Å². The summed E-state index contributed by atoms with van der Waals surface area (Å²) in [6.07, 6.45) is 1.48. The topological polar surface area (TPSA) is 136 Å². The van der Waals surface area contributed by atoms with Gasteiger partial charge in [0.25, 0.3) is 20.0 Å². The van der Waals surface area contributed by atoms with Gasteiger partial charge in [-0.2, -0.15) is 5.10 Å². The summed E-state index contributed by atoms with van der Waals surface area (Å²) in [6.45, 7) is 9.06. The van der Waals surface area contributed by atoms with Gasteiger partial charge in [-0.25, -0.2) is 31.5 Å². The van der Waals surface area contributed by atoms with Gasteiger partial charge in [0.15, 0.2) is 0 Å². The lowest BCUT2D eigenvalue weighted by molar-refractivity contribution is 0.543. The molecule has 37 heavy (non-hydrogen) atoms. The highest BCUT2D eigenvalue weighted by molar-refractivity contribution is 7.93. The molecule has 12 heteroatoms. The molecule has 4 aromatic rings. The molecule has 0 aliphatic heterocycles. The van der Waals surface area contributed by atoms with Gasteiger partial charge in [0.05, 0.1) is 22.5 Å². The second-order valence-electron chi connectivity index (χ2n) is 9.55. The minimum atomic E-state index is -4.04. The maximum Gasteiger partial charge on any atom is 0.265 e. The van der Waals surface area contributed by atoms with Crippen LogP contribution in [0.3, 0.4) is 0 Å². The molecule has 0 spiro atoms. The van der Waals surface area contributed by atoms with Crippen molar-refractivity contribution in [3.05, 3.63) is 84.1 Å². The summed E-state index contributed by atoms with van der Waals surface area (Å²) in [5.41, 5.74) is 1.42. The van der Waals surface area contributed by atoms with E-state index in [1.807, 2.05) is 51.1 Å².